The van der Waals surface area contributed by atoms with Crippen molar-refractivity contribution in [3.8, 4) is 5.75 Å². The highest BCUT2D eigenvalue weighted by atomic mass is 19.4. The molecule has 10 heteroatoms. The molecule has 1 saturated carbocycles. The second-order valence-corrected chi connectivity index (χ2v) is 9.73. The zero-order chi connectivity index (χ0) is 27.0. The number of carbonyl (C=O) groups is 1. The molecule has 0 aliphatic heterocycles. The lowest BCUT2D eigenvalue weighted by molar-refractivity contribution is -0.138. The summed E-state index contributed by atoms with van der Waals surface area (Å²) in [6, 6.07) is 5.61. The Balaban J connectivity index is 1.79. The normalized spacial score (nSPS) is 18.8. The second-order valence-electron chi connectivity index (χ2n) is 9.73. The van der Waals surface area contributed by atoms with Crippen LogP contribution in [-0.2, 0) is 23.9 Å². The lowest BCUT2D eigenvalue weighted by Gasteiger charge is -2.36. The van der Waals surface area contributed by atoms with E-state index in [1.807, 2.05) is 26.1 Å². The van der Waals surface area contributed by atoms with Gasteiger partial charge in [-0.3, -0.25) is 4.79 Å². The summed E-state index contributed by atoms with van der Waals surface area (Å²) in [5.41, 5.74) is 0.718. The van der Waals surface area contributed by atoms with E-state index in [0.717, 1.165) is 37.4 Å². The zero-order valence-corrected chi connectivity index (χ0v) is 22.0. The van der Waals surface area contributed by atoms with Gasteiger partial charge in [0.25, 0.3) is 0 Å². The summed E-state index contributed by atoms with van der Waals surface area (Å²) >= 11 is 0. The van der Waals surface area contributed by atoms with E-state index in [0.29, 0.717) is 30.8 Å². The molecule has 2 aromatic rings. The Labute approximate surface area is 217 Å². The number of nitrogens with one attached hydrogen (secondary N) is 3. The Morgan fingerprint density at radius 1 is 1.24 bits per heavy atom. The van der Waals surface area contributed by atoms with Gasteiger partial charge in [-0.25, -0.2) is 9.97 Å². The van der Waals surface area contributed by atoms with Crippen LogP contribution < -0.4 is 20.7 Å². The highest BCUT2D eigenvalue weighted by Crippen LogP contribution is 2.36. The number of hydrogen-bond donors (Lipinski definition) is 3. The van der Waals surface area contributed by atoms with Crippen molar-refractivity contribution >= 4 is 17.5 Å². The topological polar surface area (TPSA) is 88.2 Å². The number of alkyl halides is 3. The standard InChI is InChI=1S/C27H38F3N5O2/c1-5-25(36)33-21-9-7-6-8-19(21)17(2)10-12-22-20(27(28,29)30)16-32-26(34-22)35-23-13-11-18(15-31-3)14-24(23)37-4/h11,13-14,16-17,19,21,31H,5-10,12,15H2,1-4H3,(H,33,36)(H,32,34,35). The Bertz CT molecular complexity index is 1050. The monoisotopic (exact) mass is 521 g/mol. The van der Waals surface area contributed by atoms with E-state index in [2.05, 4.69) is 32.8 Å². The van der Waals surface area contributed by atoms with Gasteiger partial charge in [0.2, 0.25) is 11.9 Å². The van der Waals surface area contributed by atoms with E-state index in [-0.39, 0.29) is 41.8 Å². The Morgan fingerprint density at radius 3 is 2.68 bits per heavy atom. The molecule has 3 N–H and O–H groups in total. The van der Waals surface area contributed by atoms with Crippen LogP contribution in [0.3, 0.4) is 0 Å². The van der Waals surface area contributed by atoms with Crippen LogP contribution in [0.1, 0.15) is 69.2 Å². The fourth-order valence-corrected chi connectivity index (χ4v) is 5.09. The van der Waals surface area contributed by atoms with Crippen molar-refractivity contribution in [1.29, 1.82) is 0 Å². The number of aryl methyl sites for hydroxylation is 1. The van der Waals surface area contributed by atoms with Gasteiger partial charge in [-0.1, -0.05) is 32.8 Å². The smallest absolute Gasteiger partial charge is 0.419 e. The maximum Gasteiger partial charge on any atom is 0.419 e. The van der Waals surface area contributed by atoms with E-state index < -0.39 is 11.7 Å². The predicted molar refractivity (Wildman–Crippen MR) is 138 cm³/mol. The molecule has 1 heterocycles. The molecule has 7 nitrogen and oxygen atoms in total. The quantitative estimate of drug-likeness (QED) is 0.356. The average Bonchev–Trinajstić information content (AvgIpc) is 2.88. The van der Waals surface area contributed by atoms with Crippen molar-refractivity contribution < 1.29 is 22.7 Å². The molecule has 0 spiro atoms. The van der Waals surface area contributed by atoms with Gasteiger partial charge < -0.3 is 20.7 Å². The Hall–Kier alpha value is -2.88. The van der Waals surface area contributed by atoms with E-state index in [9.17, 15) is 18.0 Å². The predicted octanol–water partition coefficient (Wildman–Crippen LogP) is 5.62. The Kier molecular flexibility index (Phi) is 10.1. The first-order valence-corrected chi connectivity index (χ1v) is 13.0. The molecule has 3 rings (SSSR count). The number of benzene rings is 1. The number of rotatable bonds is 11. The minimum absolute atomic E-state index is 0.0180. The minimum Gasteiger partial charge on any atom is -0.495 e. The van der Waals surface area contributed by atoms with Crippen LogP contribution in [0, 0.1) is 11.8 Å². The van der Waals surface area contributed by atoms with Gasteiger partial charge in [0.15, 0.2) is 0 Å². The summed E-state index contributed by atoms with van der Waals surface area (Å²) in [6.45, 7) is 4.54. The van der Waals surface area contributed by atoms with Crippen LogP contribution in [0.4, 0.5) is 24.8 Å². The number of methoxy groups -OCH3 is 1. The first-order chi connectivity index (χ1) is 17.7. The lowest BCUT2D eigenvalue weighted by Crippen LogP contribution is -2.44. The first kappa shape index (κ1) is 28.7. The average molecular weight is 522 g/mol. The molecule has 1 amide bonds. The molecule has 3 unspecified atom stereocenters. The summed E-state index contributed by atoms with van der Waals surface area (Å²) < 4.78 is 46.8. The second kappa shape index (κ2) is 13.1. The fraction of sp³-hybridized carbons (Fsp3) is 0.593. The largest absolute Gasteiger partial charge is 0.495 e. The molecule has 0 radical (unpaired) electrons. The zero-order valence-electron chi connectivity index (χ0n) is 22.0. The molecule has 0 bridgehead atoms. The van der Waals surface area contributed by atoms with Crippen molar-refractivity contribution in [2.75, 3.05) is 19.5 Å². The van der Waals surface area contributed by atoms with Gasteiger partial charge in [-0.05, 0) is 62.3 Å². The number of amides is 1. The minimum atomic E-state index is -4.55. The number of hydrogen-bond acceptors (Lipinski definition) is 6. The SMILES string of the molecule is CCC(=O)NC1CCCCC1C(C)CCc1nc(Nc2ccc(CNC)cc2OC)ncc1C(F)(F)F. The summed E-state index contributed by atoms with van der Waals surface area (Å²) in [6.07, 6.45) is 1.41. The summed E-state index contributed by atoms with van der Waals surface area (Å²) in [5, 5.41) is 9.20. The van der Waals surface area contributed by atoms with E-state index in [4.69, 9.17) is 4.74 Å². The van der Waals surface area contributed by atoms with Gasteiger partial charge in [0, 0.05) is 25.2 Å². The van der Waals surface area contributed by atoms with Crippen molar-refractivity contribution in [3.05, 3.63) is 41.2 Å². The van der Waals surface area contributed by atoms with Crippen molar-refractivity contribution in [2.45, 2.75) is 77.6 Å². The molecule has 1 aliphatic rings. The number of ether oxygens (including phenoxy) is 1. The summed E-state index contributed by atoms with van der Waals surface area (Å²) in [7, 11) is 3.37. The van der Waals surface area contributed by atoms with Gasteiger partial charge in [0.1, 0.15) is 5.75 Å². The molecular weight excluding hydrogens is 483 g/mol. The highest BCUT2D eigenvalue weighted by Gasteiger charge is 2.36. The van der Waals surface area contributed by atoms with Gasteiger partial charge in [-0.15, -0.1) is 0 Å². The number of carbonyl (C=O) groups excluding carboxylic acids is 1. The molecule has 1 aromatic heterocycles. The van der Waals surface area contributed by atoms with Gasteiger partial charge in [-0.2, -0.15) is 13.2 Å². The molecule has 1 fully saturated rings. The third-order valence-corrected chi connectivity index (χ3v) is 7.12. The molecular formula is C27H38F3N5O2. The number of nitrogens with zero attached hydrogens (tertiary/aromatic N) is 2. The van der Waals surface area contributed by atoms with E-state index in [1.54, 1.807) is 6.07 Å². The maximum absolute atomic E-state index is 13.8. The van der Waals surface area contributed by atoms with Crippen molar-refractivity contribution in [1.82, 2.24) is 20.6 Å². The third kappa shape index (κ3) is 7.80. The van der Waals surface area contributed by atoms with Gasteiger partial charge in [0.05, 0.1) is 24.1 Å². The van der Waals surface area contributed by atoms with E-state index >= 15 is 0 Å². The van der Waals surface area contributed by atoms with Crippen LogP contribution in [-0.4, -0.2) is 36.1 Å². The van der Waals surface area contributed by atoms with Crippen LogP contribution >= 0.6 is 0 Å². The molecule has 1 aromatic carbocycles. The number of halogens is 3. The van der Waals surface area contributed by atoms with Crippen LogP contribution in [0.15, 0.2) is 24.4 Å². The Morgan fingerprint density at radius 2 is 2.00 bits per heavy atom. The van der Waals surface area contributed by atoms with Crippen molar-refractivity contribution in [3.63, 3.8) is 0 Å². The summed E-state index contributed by atoms with van der Waals surface area (Å²) in [5.74, 6) is 1.02. The number of anilines is 2. The third-order valence-electron chi connectivity index (χ3n) is 7.12. The molecule has 204 valence electrons. The molecule has 1 aliphatic carbocycles. The highest BCUT2D eigenvalue weighted by molar-refractivity contribution is 5.75. The lowest BCUT2D eigenvalue weighted by atomic mass is 9.75. The van der Waals surface area contributed by atoms with Crippen LogP contribution in [0.5, 0.6) is 5.75 Å². The molecule has 0 saturated heterocycles. The van der Waals surface area contributed by atoms with Crippen molar-refractivity contribution in [2.24, 2.45) is 11.8 Å². The molecule has 37 heavy (non-hydrogen) atoms. The maximum atomic E-state index is 13.8. The first-order valence-electron chi connectivity index (χ1n) is 13.0. The van der Waals surface area contributed by atoms with Gasteiger partial charge >= 0.3 is 6.18 Å². The van der Waals surface area contributed by atoms with E-state index in [1.165, 1.54) is 7.11 Å². The fourth-order valence-electron chi connectivity index (χ4n) is 5.09. The number of aromatic nitrogens is 2. The molecule has 3 atom stereocenters. The van der Waals surface area contributed by atoms with Crippen LogP contribution in [0.2, 0.25) is 0 Å². The van der Waals surface area contributed by atoms with Crippen LogP contribution in [0.25, 0.3) is 0 Å². The summed E-state index contributed by atoms with van der Waals surface area (Å²) in [4.78, 5) is 20.2.